The minimum Gasteiger partial charge on any atom is -0.456 e. The van der Waals surface area contributed by atoms with Gasteiger partial charge in [-0.15, -0.1) is 0 Å². The lowest BCUT2D eigenvalue weighted by Crippen LogP contribution is -1.96. The van der Waals surface area contributed by atoms with E-state index in [0.29, 0.717) is 11.1 Å². The SMILES string of the molecule is N#Cc1cc(-c2ccc3oc4ccccc4c3c2)cc(-n2c3ccccc3c3cc(C#N)ccc32)c1. The fraction of sp³-hybridized carbons (Fsp3) is 0. The first kappa shape index (κ1) is 20.1. The van der Waals surface area contributed by atoms with Crippen LogP contribution >= 0.6 is 0 Å². The number of rotatable bonds is 2. The van der Waals surface area contributed by atoms with Crippen molar-refractivity contribution in [1.82, 2.24) is 4.57 Å². The van der Waals surface area contributed by atoms with E-state index in [4.69, 9.17) is 4.42 Å². The fourth-order valence-electron chi connectivity index (χ4n) is 5.20. The van der Waals surface area contributed by atoms with Crippen molar-refractivity contribution in [2.45, 2.75) is 0 Å². The summed E-state index contributed by atoms with van der Waals surface area (Å²) in [5.74, 6) is 0. The number of para-hydroxylation sites is 2. The molecule has 0 saturated heterocycles. The summed E-state index contributed by atoms with van der Waals surface area (Å²) in [7, 11) is 0. The third-order valence-corrected chi connectivity index (χ3v) is 6.82. The van der Waals surface area contributed by atoms with Crippen molar-refractivity contribution in [3.05, 3.63) is 114 Å². The normalized spacial score (nSPS) is 11.3. The average molecular weight is 460 g/mol. The Morgan fingerprint density at radius 2 is 1.28 bits per heavy atom. The summed E-state index contributed by atoms with van der Waals surface area (Å²) >= 11 is 0. The van der Waals surface area contributed by atoms with Crippen LogP contribution in [0.4, 0.5) is 0 Å². The van der Waals surface area contributed by atoms with Crippen molar-refractivity contribution in [3.8, 4) is 29.0 Å². The first-order valence-electron chi connectivity index (χ1n) is 11.6. The Bertz CT molecular complexity index is 2080. The van der Waals surface area contributed by atoms with Crippen LogP contribution in [0.25, 0.3) is 60.6 Å². The van der Waals surface area contributed by atoms with Crippen LogP contribution < -0.4 is 0 Å². The number of aromatic nitrogens is 1. The van der Waals surface area contributed by atoms with Crippen LogP contribution in [0.3, 0.4) is 0 Å². The summed E-state index contributed by atoms with van der Waals surface area (Å²) in [6, 6.07) is 38.6. The molecule has 36 heavy (non-hydrogen) atoms. The maximum absolute atomic E-state index is 9.90. The van der Waals surface area contributed by atoms with Gasteiger partial charge in [0.25, 0.3) is 0 Å². The Hall–Kier alpha value is -5.32. The van der Waals surface area contributed by atoms with E-state index in [1.165, 1.54) is 0 Å². The average Bonchev–Trinajstić information content (AvgIpc) is 3.47. The van der Waals surface area contributed by atoms with Gasteiger partial charge in [-0.1, -0.05) is 42.5 Å². The van der Waals surface area contributed by atoms with E-state index < -0.39 is 0 Å². The van der Waals surface area contributed by atoms with Gasteiger partial charge in [-0.25, -0.2) is 0 Å². The van der Waals surface area contributed by atoms with Crippen molar-refractivity contribution in [3.63, 3.8) is 0 Å². The molecule has 0 atom stereocenters. The molecule has 0 aliphatic heterocycles. The largest absolute Gasteiger partial charge is 0.456 e. The molecule has 0 amide bonds. The predicted octanol–water partition coefficient (Wildman–Crippen LogP) is 8.09. The molecular weight excluding hydrogens is 442 g/mol. The molecule has 0 fully saturated rings. The van der Waals surface area contributed by atoms with Crippen molar-refractivity contribution in [1.29, 1.82) is 10.5 Å². The summed E-state index contributed by atoms with van der Waals surface area (Å²) in [6.45, 7) is 0. The smallest absolute Gasteiger partial charge is 0.135 e. The molecule has 7 rings (SSSR count). The van der Waals surface area contributed by atoms with Gasteiger partial charge < -0.3 is 8.98 Å². The van der Waals surface area contributed by atoms with Crippen LogP contribution in [-0.4, -0.2) is 4.57 Å². The highest BCUT2D eigenvalue weighted by molar-refractivity contribution is 6.10. The Labute approximate surface area is 206 Å². The number of furan rings is 1. The molecule has 0 N–H and O–H groups in total. The van der Waals surface area contributed by atoms with E-state index in [-0.39, 0.29) is 0 Å². The van der Waals surface area contributed by atoms with Crippen LogP contribution in [0.1, 0.15) is 11.1 Å². The van der Waals surface area contributed by atoms with Gasteiger partial charge in [0.1, 0.15) is 11.2 Å². The van der Waals surface area contributed by atoms with Gasteiger partial charge in [-0.05, 0) is 71.8 Å². The van der Waals surface area contributed by atoms with Crippen molar-refractivity contribution in [2.75, 3.05) is 0 Å². The van der Waals surface area contributed by atoms with Gasteiger partial charge in [-0.3, -0.25) is 0 Å². The highest BCUT2D eigenvalue weighted by Crippen LogP contribution is 2.36. The topological polar surface area (TPSA) is 65.7 Å². The number of benzene rings is 5. The molecule has 2 aromatic heterocycles. The van der Waals surface area contributed by atoms with E-state index in [9.17, 15) is 10.5 Å². The number of nitriles is 2. The number of hydrogen-bond acceptors (Lipinski definition) is 3. The maximum Gasteiger partial charge on any atom is 0.135 e. The highest BCUT2D eigenvalue weighted by Gasteiger charge is 2.15. The Morgan fingerprint density at radius 3 is 2.14 bits per heavy atom. The number of nitrogens with zero attached hydrogens (tertiary/aromatic N) is 3. The molecule has 0 aliphatic rings. The molecule has 0 aliphatic carbocycles. The van der Waals surface area contributed by atoms with Crippen molar-refractivity contribution >= 4 is 43.7 Å². The first-order chi connectivity index (χ1) is 17.7. The van der Waals surface area contributed by atoms with Gasteiger partial charge in [0.05, 0.1) is 34.3 Å². The monoisotopic (exact) mass is 459 g/mol. The molecule has 4 heteroatoms. The van der Waals surface area contributed by atoms with Crippen LogP contribution in [-0.2, 0) is 0 Å². The lowest BCUT2D eigenvalue weighted by molar-refractivity contribution is 0.669. The van der Waals surface area contributed by atoms with Gasteiger partial charge in [0.15, 0.2) is 0 Å². The van der Waals surface area contributed by atoms with Gasteiger partial charge in [0.2, 0.25) is 0 Å². The molecule has 0 bridgehead atoms. The minimum absolute atomic E-state index is 0.583. The van der Waals surface area contributed by atoms with Crippen molar-refractivity contribution in [2.24, 2.45) is 0 Å². The van der Waals surface area contributed by atoms with E-state index >= 15 is 0 Å². The maximum atomic E-state index is 9.90. The standard InChI is InChI=1S/C32H17N3O/c33-18-20-9-11-30-27(15-20)25-5-1-3-7-29(25)35(30)24-14-21(19-34)13-23(16-24)22-10-12-32-28(17-22)26-6-2-4-8-31(26)36-32/h1-17H. The van der Waals surface area contributed by atoms with E-state index in [1.807, 2.05) is 72.8 Å². The second-order valence-corrected chi connectivity index (χ2v) is 8.89. The lowest BCUT2D eigenvalue weighted by Gasteiger charge is -2.11. The molecule has 0 spiro atoms. The Balaban J connectivity index is 1.50. The number of fused-ring (bicyclic) bond motifs is 6. The van der Waals surface area contributed by atoms with Crippen molar-refractivity contribution < 1.29 is 4.42 Å². The molecule has 0 unspecified atom stereocenters. The zero-order chi connectivity index (χ0) is 24.2. The fourth-order valence-corrected chi connectivity index (χ4v) is 5.20. The van der Waals surface area contributed by atoms with E-state index in [2.05, 4.69) is 47.0 Å². The third kappa shape index (κ3) is 2.92. The van der Waals surface area contributed by atoms with Crippen LogP contribution in [0, 0.1) is 22.7 Å². The summed E-state index contributed by atoms with van der Waals surface area (Å²) in [5.41, 5.74) is 7.79. The third-order valence-electron chi connectivity index (χ3n) is 6.82. The lowest BCUT2D eigenvalue weighted by atomic mass is 10.00. The van der Waals surface area contributed by atoms with E-state index in [1.54, 1.807) is 0 Å². The zero-order valence-electron chi connectivity index (χ0n) is 19.1. The first-order valence-corrected chi connectivity index (χ1v) is 11.6. The molecule has 166 valence electrons. The molecule has 4 nitrogen and oxygen atoms in total. The second kappa shape index (κ2) is 7.60. The summed E-state index contributed by atoms with van der Waals surface area (Å²) in [5, 5.41) is 23.5. The quantitative estimate of drug-likeness (QED) is 0.262. The predicted molar refractivity (Wildman–Crippen MR) is 143 cm³/mol. The van der Waals surface area contributed by atoms with E-state index in [0.717, 1.165) is 60.6 Å². The molecule has 7 aromatic rings. The molecular formula is C32H17N3O. The summed E-state index contributed by atoms with van der Waals surface area (Å²) in [6.07, 6.45) is 0. The van der Waals surface area contributed by atoms with Crippen LogP contribution in [0.15, 0.2) is 108 Å². The Morgan fingerprint density at radius 1 is 0.528 bits per heavy atom. The minimum atomic E-state index is 0.583. The number of hydrogen-bond donors (Lipinski definition) is 0. The molecule has 0 radical (unpaired) electrons. The molecule has 2 heterocycles. The molecule has 0 saturated carbocycles. The second-order valence-electron chi connectivity index (χ2n) is 8.89. The molecule has 5 aromatic carbocycles. The van der Waals surface area contributed by atoms with Gasteiger partial charge in [-0.2, -0.15) is 10.5 Å². The Kier molecular flexibility index (Phi) is 4.24. The summed E-state index contributed by atoms with van der Waals surface area (Å²) < 4.78 is 8.18. The van der Waals surface area contributed by atoms with Gasteiger partial charge >= 0.3 is 0 Å². The van der Waals surface area contributed by atoms with Crippen LogP contribution in [0.2, 0.25) is 0 Å². The van der Waals surface area contributed by atoms with Crippen LogP contribution in [0.5, 0.6) is 0 Å². The highest BCUT2D eigenvalue weighted by atomic mass is 16.3. The summed E-state index contributed by atoms with van der Waals surface area (Å²) in [4.78, 5) is 0. The zero-order valence-corrected chi connectivity index (χ0v) is 19.1. The van der Waals surface area contributed by atoms with Gasteiger partial charge in [0, 0.05) is 27.2 Å².